The number of halogens is 3. The van der Waals surface area contributed by atoms with Crippen molar-refractivity contribution in [2.45, 2.75) is 13.1 Å². The van der Waals surface area contributed by atoms with E-state index in [4.69, 9.17) is 5.11 Å². The Bertz CT molecular complexity index is 349. The summed E-state index contributed by atoms with van der Waals surface area (Å²) >= 11 is 0. The second-order valence-electron chi connectivity index (χ2n) is 3.14. The quantitative estimate of drug-likeness (QED) is 0.805. The first-order valence-corrected chi connectivity index (χ1v) is 4.40. The molecule has 0 fully saturated rings. The van der Waals surface area contributed by atoms with Crippen LogP contribution < -0.4 is 0 Å². The van der Waals surface area contributed by atoms with E-state index in [-0.39, 0.29) is 6.61 Å². The Balaban J connectivity index is 2.96. The van der Waals surface area contributed by atoms with Crippen LogP contribution in [-0.4, -0.2) is 11.7 Å². The minimum Gasteiger partial charge on any atom is -0.392 e. The molecule has 4 heteroatoms. The predicted molar refractivity (Wildman–Crippen MR) is 52.2 cm³/mol. The zero-order valence-electron chi connectivity index (χ0n) is 8.17. The van der Waals surface area contributed by atoms with Gasteiger partial charge in [0, 0.05) is 0 Å². The van der Waals surface area contributed by atoms with Crippen molar-refractivity contribution in [1.82, 2.24) is 0 Å². The lowest BCUT2D eigenvalue weighted by molar-refractivity contribution is -0.137. The highest BCUT2D eigenvalue weighted by molar-refractivity contribution is 5.63. The van der Waals surface area contributed by atoms with E-state index in [1.54, 1.807) is 13.0 Å². The minimum atomic E-state index is -4.30. The summed E-state index contributed by atoms with van der Waals surface area (Å²) in [7, 11) is 0. The van der Waals surface area contributed by atoms with Gasteiger partial charge in [-0.05, 0) is 30.2 Å². The lowest BCUT2D eigenvalue weighted by atomic mass is 10.1. The zero-order chi connectivity index (χ0) is 11.5. The Labute approximate surface area is 85.9 Å². The van der Waals surface area contributed by atoms with Gasteiger partial charge in [-0.1, -0.05) is 18.2 Å². The molecule has 0 aliphatic carbocycles. The van der Waals surface area contributed by atoms with Gasteiger partial charge in [-0.15, -0.1) is 0 Å². The lowest BCUT2D eigenvalue weighted by Crippen LogP contribution is -2.04. The first-order valence-electron chi connectivity index (χ1n) is 4.40. The molecule has 0 saturated heterocycles. The van der Waals surface area contributed by atoms with Crippen molar-refractivity contribution < 1.29 is 18.3 Å². The van der Waals surface area contributed by atoms with Crippen molar-refractivity contribution in [3.05, 3.63) is 41.5 Å². The van der Waals surface area contributed by atoms with E-state index in [1.807, 2.05) is 0 Å². The molecule has 0 aromatic heterocycles. The highest BCUT2D eigenvalue weighted by atomic mass is 19.4. The molecule has 0 bridgehead atoms. The van der Waals surface area contributed by atoms with E-state index in [0.717, 1.165) is 17.7 Å². The van der Waals surface area contributed by atoms with Gasteiger partial charge in [0.05, 0.1) is 12.2 Å². The first kappa shape index (κ1) is 11.8. The van der Waals surface area contributed by atoms with Crippen LogP contribution in [0.25, 0.3) is 5.57 Å². The van der Waals surface area contributed by atoms with Gasteiger partial charge in [0.2, 0.25) is 0 Å². The molecule has 1 nitrogen and oxygen atoms in total. The summed E-state index contributed by atoms with van der Waals surface area (Å²) in [6, 6.07) is 4.85. The minimum absolute atomic E-state index is 0.118. The van der Waals surface area contributed by atoms with Crippen molar-refractivity contribution in [2.24, 2.45) is 0 Å². The third kappa shape index (κ3) is 3.09. The van der Waals surface area contributed by atoms with E-state index in [0.29, 0.717) is 5.56 Å². The standard InChI is InChI=1S/C11H11F3O/c1-8(6-7-15)9-2-4-10(5-3-9)11(12,13)14/h2-6,15H,7H2,1H3/b8-6+. The van der Waals surface area contributed by atoms with Crippen molar-refractivity contribution in [3.8, 4) is 0 Å². The molecule has 1 N–H and O–H groups in total. The molecule has 15 heavy (non-hydrogen) atoms. The summed E-state index contributed by atoms with van der Waals surface area (Å²) in [4.78, 5) is 0. The molecule has 0 spiro atoms. The van der Waals surface area contributed by atoms with E-state index < -0.39 is 11.7 Å². The number of rotatable bonds is 2. The number of aliphatic hydroxyl groups excluding tert-OH is 1. The molecule has 0 heterocycles. The molecular formula is C11H11F3O. The largest absolute Gasteiger partial charge is 0.416 e. The summed E-state index contributed by atoms with van der Waals surface area (Å²) < 4.78 is 36.6. The number of aliphatic hydroxyl groups is 1. The van der Waals surface area contributed by atoms with E-state index in [9.17, 15) is 13.2 Å². The van der Waals surface area contributed by atoms with Crippen molar-refractivity contribution in [2.75, 3.05) is 6.61 Å². The van der Waals surface area contributed by atoms with E-state index >= 15 is 0 Å². The number of hydrogen-bond acceptors (Lipinski definition) is 1. The molecule has 1 aromatic rings. The zero-order valence-corrected chi connectivity index (χ0v) is 8.17. The summed E-state index contributed by atoms with van der Waals surface area (Å²) in [5.74, 6) is 0. The maximum Gasteiger partial charge on any atom is 0.416 e. The van der Waals surface area contributed by atoms with Gasteiger partial charge in [-0.3, -0.25) is 0 Å². The molecule has 0 atom stereocenters. The number of allylic oxidation sites excluding steroid dienone is 1. The predicted octanol–water partition coefficient (Wildman–Crippen LogP) is 3.10. The topological polar surface area (TPSA) is 20.2 Å². The lowest BCUT2D eigenvalue weighted by Gasteiger charge is -2.07. The van der Waals surface area contributed by atoms with Gasteiger partial charge < -0.3 is 5.11 Å². The van der Waals surface area contributed by atoms with E-state index in [1.165, 1.54) is 12.1 Å². The number of alkyl halides is 3. The Kier molecular flexibility index (Phi) is 3.52. The Morgan fingerprint density at radius 2 is 1.80 bits per heavy atom. The monoisotopic (exact) mass is 216 g/mol. The molecule has 0 amide bonds. The molecular weight excluding hydrogens is 205 g/mol. The second kappa shape index (κ2) is 4.49. The van der Waals surface area contributed by atoms with Gasteiger partial charge in [0.1, 0.15) is 0 Å². The fourth-order valence-corrected chi connectivity index (χ4v) is 1.18. The Morgan fingerprint density at radius 1 is 1.27 bits per heavy atom. The van der Waals surface area contributed by atoms with Crippen LogP contribution in [0.5, 0.6) is 0 Å². The molecule has 0 unspecified atom stereocenters. The molecule has 0 radical (unpaired) electrons. The van der Waals surface area contributed by atoms with Gasteiger partial charge in [0.25, 0.3) is 0 Å². The maximum atomic E-state index is 12.2. The fraction of sp³-hybridized carbons (Fsp3) is 0.273. The SMILES string of the molecule is C/C(=C\CO)c1ccc(C(F)(F)F)cc1. The molecule has 1 rings (SSSR count). The Hall–Kier alpha value is -1.29. The van der Waals surface area contributed by atoms with Crippen LogP contribution in [0.15, 0.2) is 30.3 Å². The van der Waals surface area contributed by atoms with E-state index in [2.05, 4.69) is 0 Å². The molecule has 0 saturated carbocycles. The smallest absolute Gasteiger partial charge is 0.392 e. The maximum absolute atomic E-state index is 12.2. The second-order valence-corrected chi connectivity index (χ2v) is 3.14. The van der Waals surface area contributed by atoms with Crippen LogP contribution in [-0.2, 0) is 6.18 Å². The third-order valence-corrected chi connectivity index (χ3v) is 2.07. The average Bonchev–Trinajstić information content (AvgIpc) is 2.17. The van der Waals surface area contributed by atoms with Crippen LogP contribution in [0.1, 0.15) is 18.1 Å². The fourth-order valence-electron chi connectivity index (χ4n) is 1.18. The molecule has 0 aliphatic rings. The number of hydrogen-bond donors (Lipinski definition) is 1. The number of benzene rings is 1. The third-order valence-electron chi connectivity index (χ3n) is 2.07. The van der Waals surface area contributed by atoms with Gasteiger partial charge in [0.15, 0.2) is 0 Å². The van der Waals surface area contributed by atoms with Gasteiger partial charge in [-0.25, -0.2) is 0 Å². The van der Waals surface area contributed by atoms with Crippen LogP contribution in [0.3, 0.4) is 0 Å². The van der Waals surface area contributed by atoms with Crippen LogP contribution >= 0.6 is 0 Å². The van der Waals surface area contributed by atoms with Crippen LogP contribution in [0.4, 0.5) is 13.2 Å². The molecule has 0 aliphatic heterocycles. The summed E-state index contributed by atoms with van der Waals surface area (Å²) in [5, 5.41) is 8.63. The summed E-state index contributed by atoms with van der Waals surface area (Å²) in [5.41, 5.74) is 0.770. The van der Waals surface area contributed by atoms with Crippen LogP contribution in [0, 0.1) is 0 Å². The average molecular weight is 216 g/mol. The van der Waals surface area contributed by atoms with Crippen molar-refractivity contribution in [1.29, 1.82) is 0 Å². The molecule has 82 valence electrons. The normalized spacial score (nSPS) is 13.0. The summed E-state index contributed by atoms with van der Waals surface area (Å²) in [6.07, 6.45) is -2.75. The van der Waals surface area contributed by atoms with Gasteiger partial charge in [-0.2, -0.15) is 13.2 Å². The van der Waals surface area contributed by atoms with Crippen LogP contribution in [0.2, 0.25) is 0 Å². The molecule has 1 aromatic carbocycles. The van der Waals surface area contributed by atoms with Crippen molar-refractivity contribution in [3.63, 3.8) is 0 Å². The van der Waals surface area contributed by atoms with Gasteiger partial charge >= 0.3 is 6.18 Å². The first-order chi connectivity index (χ1) is 6.95. The van der Waals surface area contributed by atoms with Crippen molar-refractivity contribution >= 4 is 5.57 Å². The highest BCUT2D eigenvalue weighted by Crippen LogP contribution is 2.29. The summed E-state index contributed by atoms with van der Waals surface area (Å²) in [6.45, 7) is 1.62. The Morgan fingerprint density at radius 3 is 2.20 bits per heavy atom. The highest BCUT2D eigenvalue weighted by Gasteiger charge is 2.29.